The van der Waals surface area contributed by atoms with Crippen LogP contribution in [0.2, 0.25) is 0 Å². The largest absolute Gasteiger partial charge is 0.325 e. The molecule has 0 radical (unpaired) electrons. The fourth-order valence-corrected chi connectivity index (χ4v) is 2.03. The topological polar surface area (TPSA) is 72.5 Å². The van der Waals surface area contributed by atoms with Crippen LogP contribution in [0.15, 0.2) is 15.0 Å². The van der Waals surface area contributed by atoms with Crippen molar-refractivity contribution in [2.75, 3.05) is 6.54 Å². The third-order valence-electron chi connectivity index (χ3n) is 1.05. The van der Waals surface area contributed by atoms with Gasteiger partial charge in [0.25, 0.3) is 0 Å². The van der Waals surface area contributed by atoms with E-state index in [2.05, 4.69) is 20.9 Å². The molecule has 0 aromatic carbocycles. The lowest BCUT2D eigenvalue weighted by molar-refractivity contribution is 0.614. The average Bonchev–Trinajstić information content (AvgIpc) is 2.10. The van der Waals surface area contributed by atoms with Crippen molar-refractivity contribution in [3.05, 3.63) is 10.0 Å². The number of aliphatic imine (C=N–C) groups is 1. The summed E-state index contributed by atoms with van der Waals surface area (Å²) >= 11 is 2.84. The Kier molecular flexibility index (Phi) is 1.93. The summed E-state index contributed by atoms with van der Waals surface area (Å²) in [6.45, 7) is -0.0477. The third-order valence-corrected chi connectivity index (χ3v) is 4.05. The number of hydrogen-bond acceptors (Lipinski definition) is 4. The maximum Gasteiger partial charge on any atom is 0.229 e. The molecular weight excluding hydrogens is 220 g/mol. The molecule has 0 aromatic rings. The number of nitrogens with two attached hydrogens (primary N) is 1. The molecule has 1 rings (SSSR count). The van der Waals surface area contributed by atoms with Gasteiger partial charge in [0, 0.05) is 6.54 Å². The summed E-state index contributed by atoms with van der Waals surface area (Å²) in [5.74, 6) is 0. The summed E-state index contributed by atoms with van der Waals surface area (Å²) in [4.78, 5) is 3.58. The van der Waals surface area contributed by atoms with Crippen LogP contribution >= 0.6 is 15.9 Å². The fourth-order valence-electron chi connectivity index (χ4n) is 0.536. The molecule has 0 saturated carbocycles. The molecule has 56 valence electrons. The summed E-state index contributed by atoms with van der Waals surface area (Å²) in [5.41, 5.74) is 5.11. The predicted octanol–water partition coefficient (Wildman–Crippen LogP) is -0.0342. The van der Waals surface area contributed by atoms with Crippen molar-refractivity contribution in [2.45, 2.75) is 0 Å². The van der Waals surface area contributed by atoms with E-state index >= 15 is 0 Å². The maximum atomic E-state index is 11.0. The van der Waals surface area contributed by atoms with E-state index in [4.69, 9.17) is 5.73 Å². The number of nitrogens with zero attached hydrogens (tertiary/aromatic N) is 1. The average molecular weight is 225 g/mol. The van der Waals surface area contributed by atoms with Crippen LogP contribution < -0.4 is 5.73 Å². The minimum Gasteiger partial charge on any atom is -0.325 e. The molecule has 1 aliphatic rings. The molecule has 1 aliphatic heterocycles. The predicted molar refractivity (Wildman–Crippen MR) is 42.4 cm³/mol. The Morgan fingerprint density at radius 3 is 2.50 bits per heavy atom. The Hall–Kier alpha value is -0.200. The van der Waals surface area contributed by atoms with Crippen LogP contribution in [0.5, 0.6) is 0 Å². The van der Waals surface area contributed by atoms with Crippen LogP contribution in [-0.2, 0) is 9.84 Å². The van der Waals surface area contributed by atoms with E-state index in [0.29, 0.717) is 0 Å². The second-order valence-corrected chi connectivity index (χ2v) is 4.96. The van der Waals surface area contributed by atoms with Gasteiger partial charge in [0.05, 0.1) is 6.20 Å². The van der Waals surface area contributed by atoms with E-state index in [-0.39, 0.29) is 15.4 Å². The Labute approximate surface area is 66.9 Å². The molecule has 0 atom stereocenters. The van der Waals surface area contributed by atoms with Crippen LogP contribution in [0.1, 0.15) is 0 Å². The molecule has 1 heterocycles. The maximum absolute atomic E-state index is 11.0. The van der Waals surface area contributed by atoms with Gasteiger partial charge >= 0.3 is 0 Å². The summed E-state index contributed by atoms with van der Waals surface area (Å²) in [5, 5.41) is 0.0133. The molecule has 0 aliphatic carbocycles. The van der Waals surface area contributed by atoms with Crippen LogP contribution in [0.4, 0.5) is 0 Å². The van der Waals surface area contributed by atoms with Crippen LogP contribution in [0, 0.1) is 0 Å². The summed E-state index contributed by atoms with van der Waals surface area (Å²) in [6.07, 6.45) is 1.23. The Bertz CT molecular complexity index is 303. The van der Waals surface area contributed by atoms with Gasteiger partial charge in [-0.3, -0.25) is 0 Å². The quantitative estimate of drug-likeness (QED) is 0.680. The zero-order chi connectivity index (χ0) is 7.78. The molecule has 2 N–H and O–H groups in total. The minimum atomic E-state index is -3.31. The standard InChI is InChI=1S/C4H5BrN2O2S/c5-3-2-7-4(1-6)10(3,8)9/h2H,1,6H2. The van der Waals surface area contributed by atoms with Gasteiger partial charge in [-0.2, -0.15) is 0 Å². The van der Waals surface area contributed by atoms with E-state index in [1.54, 1.807) is 0 Å². The van der Waals surface area contributed by atoms with Crippen molar-refractivity contribution in [3.63, 3.8) is 0 Å². The van der Waals surface area contributed by atoms with E-state index < -0.39 is 9.84 Å². The first-order valence-electron chi connectivity index (χ1n) is 2.46. The van der Waals surface area contributed by atoms with Gasteiger partial charge < -0.3 is 5.73 Å². The molecule has 6 heteroatoms. The molecule has 10 heavy (non-hydrogen) atoms. The Morgan fingerprint density at radius 1 is 1.70 bits per heavy atom. The highest BCUT2D eigenvalue weighted by Gasteiger charge is 2.25. The number of rotatable bonds is 1. The minimum absolute atomic E-state index is 0.0133. The lowest BCUT2D eigenvalue weighted by Gasteiger charge is -1.94. The highest BCUT2D eigenvalue weighted by molar-refractivity contribution is 9.14. The summed E-state index contributed by atoms with van der Waals surface area (Å²) < 4.78 is 22.1. The van der Waals surface area contributed by atoms with Crippen molar-refractivity contribution < 1.29 is 8.42 Å². The van der Waals surface area contributed by atoms with E-state index in [9.17, 15) is 8.42 Å². The highest BCUT2D eigenvalue weighted by atomic mass is 79.9. The highest BCUT2D eigenvalue weighted by Crippen LogP contribution is 2.21. The number of hydrogen-bond donors (Lipinski definition) is 1. The number of halogens is 1. The van der Waals surface area contributed by atoms with Gasteiger partial charge in [-0.25, -0.2) is 13.4 Å². The van der Waals surface area contributed by atoms with Crippen molar-refractivity contribution in [2.24, 2.45) is 10.7 Å². The van der Waals surface area contributed by atoms with Gasteiger partial charge in [-0.1, -0.05) is 0 Å². The molecule has 0 spiro atoms. The van der Waals surface area contributed by atoms with Crippen molar-refractivity contribution >= 4 is 30.8 Å². The van der Waals surface area contributed by atoms with E-state index in [1.807, 2.05) is 0 Å². The zero-order valence-corrected chi connectivity index (χ0v) is 7.31. The van der Waals surface area contributed by atoms with Crippen molar-refractivity contribution in [1.82, 2.24) is 0 Å². The van der Waals surface area contributed by atoms with Gasteiger partial charge in [-0.05, 0) is 15.9 Å². The smallest absolute Gasteiger partial charge is 0.229 e. The zero-order valence-electron chi connectivity index (χ0n) is 4.91. The van der Waals surface area contributed by atoms with Crippen LogP contribution in [0.3, 0.4) is 0 Å². The van der Waals surface area contributed by atoms with E-state index in [1.165, 1.54) is 6.20 Å². The van der Waals surface area contributed by atoms with Gasteiger partial charge in [0.15, 0.2) is 5.04 Å². The lowest BCUT2D eigenvalue weighted by atomic mass is 10.7. The van der Waals surface area contributed by atoms with Crippen molar-refractivity contribution in [3.8, 4) is 0 Å². The normalized spacial score (nSPS) is 22.2. The first-order chi connectivity index (χ1) is 4.59. The molecule has 0 amide bonds. The van der Waals surface area contributed by atoms with Gasteiger partial charge in [-0.15, -0.1) is 0 Å². The SMILES string of the molecule is NCC1=NC=C(Br)S1(=O)=O. The second kappa shape index (κ2) is 2.44. The molecule has 4 nitrogen and oxygen atoms in total. The first-order valence-corrected chi connectivity index (χ1v) is 4.74. The molecule has 0 saturated heterocycles. The molecular formula is C4H5BrN2O2S. The van der Waals surface area contributed by atoms with Crippen LogP contribution in [-0.4, -0.2) is 20.0 Å². The van der Waals surface area contributed by atoms with Crippen molar-refractivity contribution in [1.29, 1.82) is 0 Å². The first kappa shape index (κ1) is 7.90. The lowest BCUT2D eigenvalue weighted by Crippen LogP contribution is -2.20. The Balaban J connectivity index is 3.14. The van der Waals surface area contributed by atoms with E-state index in [0.717, 1.165) is 0 Å². The monoisotopic (exact) mass is 224 g/mol. The van der Waals surface area contributed by atoms with Gasteiger partial charge in [0.2, 0.25) is 9.84 Å². The van der Waals surface area contributed by atoms with Crippen LogP contribution in [0.25, 0.3) is 0 Å². The molecule has 0 fully saturated rings. The molecule has 0 unspecified atom stereocenters. The molecule has 0 bridgehead atoms. The van der Waals surface area contributed by atoms with Gasteiger partial charge in [0.1, 0.15) is 3.81 Å². The summed E-state index contributed by atoms with van der Waals surface area (Å²) in [7, 11) is -3.31. The fraction of sp³-hybridized carbons (Fsp3) is 0.250. The third kappa shape index (κ3) is 1.02. The second-order valence-electron chi connectivity index (χ2n) is 1.66. The Morgan fingerprint density at radius 2 is 2.30 bits per heavy atom. The molecule has 0 aromatic heterocycles. The summed E-state index contributed by atoms with van der Waals surface area (Å²) in [6, 6.07) is 0. The number of sulfone groups is 1.